The third-order valence-electron chi connectivity index (χ3n) is 4.88. The van der Waals surface area contributed by atoms with Crippen molar-refractivity contribution in [1.82, 2.24) is 4.90 Å². The van der Waals surface area contributed by atoms with Crippen LogP contribution in [0.4, 0.5) is 5.69 Å². The molecule has 0 radical (unpaired) electrons. The zero-order chi connectivity index (χ0) is 23.9. The number of benzene rings is 3. The zero-order valence-electron chi connectivity index (χ0n) is 18.0. The number of carbonyl (C=O) groups is 1. The van der Waals surface area contributed by atoms with E-state index in [4.69, 9.17) is 21.7 Å². The predicted molar refractivity (Wildman–Crippen MR) is 136 cm³/mol. The van der Waals surface area contributed by atoms with Crippen molar-refractivity contribution in [2.24, 2.45) is 0 Å². The van der Waals surface area contributed by atoms with Gasteiger partial charge in [0.15, 0.2) is 0 Å². The monoisotopic (exact) mass is 492 g/mol. The number of nitro groups is 1. The Morgan fingerprint density at radius 1 is 0.941 bits per heavy atom. The quantitative estimate of drug-likeness (QED) is 0.129. The van der Waals surface area contributed by atoms with Gasteiger partial charge in [0, 0.05) is 12.1 Å². The maximum absolute atomic E-state index is 12.9. The van der Waals surface area contributed by atoms with E-state index >= 15 is 0 Å². The summed E-state index contributed by atoms with van der Waals surface area (Å²) >= 11 is 6.71. The lowest BCUT2D eigenvalue weighted by Crippen LogP contribution is -2.27. The number of ether oxygens (including phenoxy) is 2. The van der Waals surface area contributed by atoms with Crippen LogP contribution in [0.25, 0.3) is 6.08 Å². The second-order valence-electron chi connectivity index (χ2n) is 7.27. The number of non-ortho nitro benzene ring substituents is 1. The smallest absolute Gasteiger partial charge is 0.269 e. The van der Waals surface area contributed by atoms with Crippen LogP contribution in [0.1, 0.15) is 11.1 Å². The summed E-state index contributed by atoms with van der Waals surface area (Å²) in [5.74, 6) is 1.06. The molecule has 4 rings (SSSR count). The summed E-state index contributed by atoms with van der Waals surface area (Å²) in [4.78, 5) is 25.3. The van der Waals surface area contributed by atoms with Gasteiger partial charge in [-0.2, -0.15) is 0 Å². The van der Waals surface area contributed by atoms with Crippen molar-refractivity contribution < 1.29 is 19.2 Å². The minimum absolute atomic E-state index is 0.0115. The summed E-state index contributed by atoms with van der Waals surface area (Å²) in [6.45, 7) is 1.01. The van der Waals surface area contributed by atoms with Gasteiger partial charge in [-0.05, 0) is 41.5 Å². The third-order valence-corrected chi connectivity index (χ3v) is 6.26. The molecule has 0 atom stereocenters. The van der Waals surface area contributed by atoms with Gasteiger partial charge in [0.1, 0.15) is 29.0 Å². The summed E-state index contributed by atoms with van der Waals surface area (Å²) in [6, 6.07) is 23.0. The number of carbonyl (C=O) groups excluding carboxylic acids is 1. The van der Waals surface area contributed by atoms with Gasteiger partial charge in [0.05, 0.1) is 16.4 Å². The molecule has 3 aromatic rings. The molecule has 9 heteroatoms. The number of nitrogens with zero attached hydrogens (tertiary/aromatic N) is 2. The Morgan fingerprint density at radius 3 is 2.35 bits per heavy atom. The first kappa shape index (κ1) is 23.5. The molecule has 0 saturated carbocycles. The molecule has 34 heavy (non-hydrogen) atoms. The van der Waals surface area contributed by atoms with E-state index in [-0.39, 0.29) is 18.2 Å². The molecule has 0 spiro atoms. The standard InChI is InChI=1S/C25H20N2O5S2/c28-24-23(34-25(33)26(24)17-18-5-2-1-3-6-18)16-19-7-4-8-22(15-19)32-14-13-31-21-11-9-20(10-12-21)27(29)30/h1-12,15-16H,13-14,17H2. The molecular weight excluding hydrogens is 472 g/mol. The fourth-order valence-corrected chi connectivity index (χ4v) is 4.49. The van der Waals surface area contributed by atoms with Gasteiger partial charge >= 0.3 is 0 Å². The van der Waals surface area contributed by atoms with Crippen LogP contribution in [0, 0.1) is 10.1 Å². The Labute approximate surface area is 206 Å². The average Bonchev–Trinajstić information content (AvgIpc) is 3.10. The van der Waals surface area contributed by atoms with E-state index in [1.54, 1.807) is 17.0 Å². The van der Waals surface area contributed by atoms with E-state index in [9.17, 15) is 14.9 Å². The van der Waals surface area contributed by atoms with E-state index in [2.05, 4.69) is 0 Å². The highest BCUT2D eigenvalue weighted by Gasteiger charge is 2.31. The van der Waals surface area contributed by atoms with Crippen LogP contribution >= 0.6 is 24.0 Å². The molecule has 1 aliphatic rings. The first-order valence-electron chi connectivity index (χ1n) is 10.4. The van der Waals surface area contributed by atoms with Crippen molar-refractivity contribution in [3.63, 3.8) is 0 Å². The summed E-state index contributed by atoms with van der Waals surface area (Å²) in [5, 5.41) is 10.7. The molecule has 7 nitrogen and oxygen atoms in total. The number of hydrogen-bond acceptors (Lipinski definition) is 7. The van der Waals surface area contributed by atoms with Crippen molar-refractivity contribution >= 4 is 46.0 Å². The minimum atomic E-state index is -0.457. The second-order valence-corrected chi connectivity index (χ2v) is 8.95. The fourth-order valence-electron chi connectivity index (χ4n) is 3.23. The topological polar surface area (TPSA) is 81.9 Å². The Kier molecular flexibility index (Phi) is 7.56. The average molecular weight is 493 g/mol. The molecule has 1 aliphatic heterocycles. The highest BCUT2D eigenvalue weighted by Crippen LogP contribution is 2.34. The fraction of sp³-hybridized carbons (Fsp3) is 0.120. The summed E-state index contributed by atoms with van der Waals surface area (Å²) in [7, 11) is 0. The Balaban J connectivity index is 1.32. The van der Waals surface area contributed by atoms with Crippen LogP contribution in [0.2, 0.25) is 0 Å². The Bertz CT molecular complexity index is 1230. The molecule has 172 valence electrons. The number of thiocarbonyl (C=S) groups is 1. The normalized spacial score (nSPS) is 14.5. The number of rotatable bonds is 9. The molecule has 0 aliphatic carbocycles. The first-order valence-corrected chi connectivity index (χ1v) is 11.6. The summed E-state index contributed by atoms with van der Waals surface area (Å²) in [5.41, 5.74) is 1.86. The molecule has 0 bridgehead atoms. The molecule has 1 heterocycles. The lowest BCUT2D eigenvalue weighted by atomic mass is 10.2. The van der Waals surface area contributed by atoms with Gasteiger partial charge in [-0.3, -0.25) is 19.8 Å². The van der Waals surface area contributed by atoms with Gasteiger partial charge in [-0.15, -0.1) is 0 Å². The van der Waals surface area contributed by atoms with Crippen molar-refractivity contribution in [3.8, 4) is 11.5 Å². The van der Waals surface area contributed by atoms with Crippen molar-refractivity contribution in [2.75, 3.05) is 13.2 Å². The molecule has 1 fully saturated rings. The number of thioether (sulfide) groups is 1. The van der Waals surface area contributed by atoms with E-state index in [0.29, 0.717) is 33.9 Å². The lowest BCUT2D eigenvalue weighted by molar-refractivity contribution is -0.384. The molecule has 1 saturated heterocycles. The number of hydrogen-bond donors (Lipinski definition) is 0. The van der Waals surface area contributed by atoms with Gasteiger partial charge in [-0.1, -0.05) is 66.4 Å². The molecular formula is C25H20N2O5S2. The molecule has 0 unspecified atom stereocenters. The van der Waals surface area contributed by atoms with Crippen LogP contribution in [0.5, 0.6) is 11.5 Å². The van der Waals surface area contributed by atoms with Crippen LogP contribution < -0.4 is 9.47 Å². The molecule has 0 aromatic heterocycles. The summed E-state index contributed by atoms with van der Waals surface area (Å²) in [6.07, 6.45) is 1.81. The summed E-state index contributed by atoms with van der Waals surface area (Å²) < 4.78 is 11.8. The molecule has 1 amide bonds. The van der Waals surface area contributed by atoms with Crippen LogP contribution in [-0.4, -0.2) is 33.3 Å². The maximum Gasteiger partial charge on any atom is 0.269 e. The largest absolute Gasteiger partial charge is 0.490 e. The molecule has 3 aromatic carbocycles. The molecule has 0 N–H and O–H groups in total. The van der Waals surface area contributed by atoms with Gasteiger partial charge < -0.3 is 9.47 Å². The highest BCUT2D eigenvalue weighted by atomic mass is 32.2. The highest BCUT2D eigenvalue weighted by molar-refractivity contribution is 8.26. The minimum Gasteiger partial charge on any atom is -0.490 e. The third kappa shape index (κ3) is 6.00. The van der Waals surface area contributed by atoms with E-state index < -0.39 is 4.92 Å². The van der Waals surface area contributed by atoms with Crippen LogP contribution in [-0.2, 0) is 11.3 Å². The van der Waals surface area contributed by atoms with Crippen molar-refractivity contribution in [3.05, 3.63) is 105 Å². The van der Waals surface area contributed by atoms with Crippen molar-refractivity contribution in [2.45, 2.75) is 6.54 Å². The Morgan fingerprint density at radius 2 is 1.65 bits per heavy atom. The van der Waals surface area contributed by atoms with Crippen LogP contribution in [0.3, 0.4) is 0 Å². The second kappa shape index (κ2) is 11.0. The van der Waals surface area contributed by atoms with E-state index in [1.165, 1.54) is 23.9 Å². The Hall–Kier alpha value is -3.69. The van der Waals surface area contributed by atoms with Gasteiger partial charge in [0.25, 0.3) is 11.6 Å². The predicted octanol–water partition coefficient (Wildman–Crippen LogP) is 5.45. The van der Waals surface area contributed by atoms with Gasteiger partial charge in [0.2, 0.25) is 0 Å². The van der Waals surface area contributed by atoms with Gasteiger partial charge in [-0.25, -0.2) is 0 Å². The van der Waals surface area contributed by atoms with E-state index in [0.717, 1.165) is 11.1 Å². The number of amides is 1. The van der Waals surface area contributed by atoms with Crippen LogP contribution in [0.15, 0.2) is 83.8 Å². The first-order chi connectivity index (χ1) is 16.5. The SMILES string of the molecule is O=C1C(=Cc2cccc(OCCOc3ccc([N+](=O)[O-])cc3)c2)SC(=S)N1Cc1ccccc1. The number of nitro benzene ring substituents is 1. The maximum atomic E-state index is 12.9. The van der Waals surface area contributed by atoms with E-state index in [1.807, 2.05) is 60.7 Å². The lowest BCUT2D eigenvalue weighted by Gasteiger charge is -2.14. The zero-order valence-corrected chi connectivity index (χ0v) is 19.6. The van der Waals surface area contributed by atoms with Crippen molar-refractivity contribution in [1.29, 1.82) is 0 Å².